The minimum atomic E-state index is 0.241. The highest BCUT2D eigenvalue weighted by molar-refractivity contribution is 9.10. The molecule has 0 radical (unpaired) electrons. The van der Waals surface area contributed by atoms with Crippen LogP contribution in [0.25, 0.3) is 0 Å². The molecule has 0 spiro atoms. The second kappa shape index (κ2) is 7.02. The van der Waals surface area contributed by atoms with Crippen molar-refractivity contribution in [3.8, 4) is 5.75 Å². The fourth-order valence-electron chi connectivity index (χ4n) is 1.91. The molecule has 2 unspecified atom stereocenters. The van der Waals surface area contributed by atoms with Crippen LogP contribution in [0, 0.1) is 5.92 Å². The van der Waals surface area contributed by atoms with E-state index in [-0.39, 0.29) is 6.04 Å². The van der Waals surface area contributed by atoms with Crippen LogP contribution < -0.4 is 10.5 Å². The van der Waals surface area contributed by atoms with Crippen molar-refractivity contribution in [2.45, 2.75) is 39.2 Å². The van der Waals surface area contributed by atoms with Crippen LogP contribution in [0.1, 0.15) is 32.3 Å². The monoisotopic (exact) mass is 299 g/mol. The summed E-state index contributed by atoms with van der Waals surface area (Å²) in [6.45, 7) is 4.46. The maximum Gasteiger partial charge on any atom is 0.133 e. The molecule has 3 heteroatoms. The smallest absolute Gasteiger partial charge is 0.133 e. The van der Waals surface area contributed by atoms with Gasteiger partial charge in [-0.1, -0.05) is 26.3 Å². The van der Waals surface area contributed by atoms with Gasteiger partial charge in [-0.15, -0.1) is 0 Å². The van der Waals surface area contributed by atoms with Crippen LogP contribution in [-0.2, 0) is 6.42 Å². The Bertz CT molecular complexity index is 354. The number of rotatable bonds is 6. The van der Waals surface area contributed by atoms with Gasteiger partial charge in [-0.05, 0) is 52.4 Å². The van der Waals surface area contributed by atoms with E-state index in [4.69, 9.17) is 10.5 Å². The van der Waals surface area contributed by atoms with Gasteiger partial charge in [-0.2, -0.15) is 0 Å². The second-order valence-corrected chi connectivity index (χ2v) is 5.54. The van der Waals surface area contributed by atoms with Gasteiger partial charge in [0.2, 0.25) is 0 Å². The lowest BCUT2D eigenvalue weighted by molar-refractivity contribution is 0.411. The molecule has 0 bridgehead atoms. The molecule has 0 aliphatic rings. The van der Waals surface area contributed by atoms with Crippen molar-refractivity contribution >= 4 is 15.9 Å². The minimum Gasteiger partial charge on any atom is -0.496 e. The average molecular weight is 300 g/mol. The normalized spacial score (nSPS) is 14.4. The Balaban J connectivity index is 2.59. The highest BCUT2D eigenvalue weighted by Crippen LogP contribution is 2.26. The molecule has 0 heterocycles. The Morgan fingerprint density at radius 1 is 1.41 bits per heavy atom. The van der Waals surface area contributed by atoms with Gasteiger partial charge in [0.1, 0.15) is 5.75 Å². The van der Waals surface area contributed by atoms with Crippen LogP contribution in [-0.4, -0.2) is 13.2 Å². The fraction of sp³-hybridized carbons (Fsp3) is 0.571. The number of benzene rings is 1. The van der Waals surface area contributed by atoms with E-state index in [2.05, 4.69) is 41.9 Å². The Morgan fingerprint density at radius 3 is 2.65 bits per heavy atom. The van der Waals surface area contributed by atoms with Gasteiger partial charge in [0.05, 0.1) is 11.6 Å². The predicted molar refractivity (Wildman–Crippen MR) is 76.4 cm³/mol. The molecule has 0 fully saturated rings. The molecular weight excluding hydrogens is 278 g/mol. The molecule has 1 aromatic carbocycles. The quantitative estimate of drug-likeness (QED) is 0.868. The molecular formula is C14H22BrNO. The molecule has 0 aromatic heterocycles. The number of ether oxygens (including phenoxy) is 1. The lowest BCUT2D eigenvalue weighted by Gasteiger charge is -2.16. The fourth-order valence-corrected chi connectivity index (χ4v) is 2.49. The zero-order valence-corrected chi connectivity index (χ0v) is 12.5. The first-order valence-electron chi connectivity index (χ1n) is 6.14. The van der Waals surface area contributed by atoms with E-state index in [9.17, 15) is 0 Å². The summed E-state index contributed by atoms with van der Waals surface area (Å²) in [5, 5.41) is 0. The molecule has 1 aromatic rings. The van der Waals surface area contributed by atoms with Crippen molar-refractivity contribution in [3.05, 3.63) is 28.2 Å². The molecule has 0 aliphatic heterocycles. The predicted octanol–water partition coefficient (Wildman–Crippen LogP) is 3.76. The first kappa shape index (κ1) is 14.5. The molecule has 2 nitrogen and oxygen atoms in total. The number of hydrogen-bond donors (Lipinski definition) is 1. The molecule has 17 heavy (non-hydrogen) atoms. The van der Waals surface area contributed by atoms with Crippen molar-refractivity contribution in [3.63, 3.8) is 0 Å². The third kappa shape index (κ3) is 4.68. The molecule has 0 amide bonds. The van der Waals surface area contributed by atoms with Gasteiger partial charge in [-0.25, -0.2) is 0 Å². The van der Waals surface area contributed by atoms with E-state index < -0.39 is 0 Å². The van der Waals surface area contributed by atoms with E-state index in [1.54, 1.807) is 7.11 Å². The number of halogens is 1. The van der Waals surface area contributed by atoms with Gasteiger partial charge >= 0.3 is 0 Å². The topological polar surface area (TPSA) is 35.2 Å². The van der Waals surface area contributed by atoms with Crippen molar-refractivity contribution in [1.29, 1.82) is 0 Å². The van der Waals surface area contributed by atoms with Crippen LogP contribution in [0.3, 0.4) is 0 Å². The van der Waals surface area contributed by atoms with Crippen molar-refractivity contribution < 1.29 is 4.74 Å². The van der Waals surface area contributed by atoms with Crippen LogP contribution in [0.15, 0.2) is 22.7 Å². The van der Waals surface area contributed by atoms with E-state index in [0.29, 0.717) is 5.92 Å². The summed E-state index contributed by atoms with van der Waals surface area (Å²) in [4.78, 5) is 0. The first-order valence-corrected chi connectivity index (χ1v) is 6.94. The van der Waals surface area contributed by atoms with Gasteiger partial charge in [-0.3, -0.25) is 0 Å². The molecule has 0 saturated carbocycles. The largest absolute Gasteiger partial charge is 0.496 e. The van der Waals surface area contributed by atoms with Crippen LogP contribution in [0.4, 0.5) is 0 Å². The summed E-state index contributed by atoms with van der Waals surface area (Å²) < 4.78 is 6.20. The molecule has 0 aliphatic carbocycles. The van der Waals surface area contributed by atoms with E-state index >= 15 is 0 Å². The van der Waals surface area contributed by atoms with Crippen LogP contribution >= 0.6 is 15.9 Å². The van der Waals surface area contributed by atoms with E-state index in [1.165, 1.54) is 12.0 Å². The van der Waals surface area contributed by atoms with Gasteiger partial charge in [0.25, 0.3) is 0 Å². The molecule has 96 valence electrons. The average Bonchev–Trinajstić information content (AvgIpc) is 2.29. The summed E-state index contributed by atoms with van der Waals surface area (Å²) in [7, 11) is 1.68. The van der Waals surface area contributed by atoms with Crippen molar-refractivity contribution in [2.24, 2.45) is 11.7 Å². The van der Waals surface area contributed by atoms with Gasteiger partial charge in [0, 0.05) is 6.04 Å². The summed E-state index contributed by atoms with van der Waals surface area (Å²) in [5.74, 6) is 1.57. The summed E-state index contributed by atoms with van der Waals surface area (Å²) in [5.41, 5.74) is 7.41. The Morgan fingerprint density at radius 2 is 2.12 bits per heavy atom. The van der Waals surface area contributed by atoms with Gasteiger partial charge < -0.3 is 10.5 Å². The zero-order chi connectivity index (χ0) is 12.8. The van der Waals surface area contributed by atoms with Crippen molar-refractivity contribution in [2.75, 3.05) is 7.11 Å². The van der Waals surface area contributed by atoms with Crippen LogP contribution in [0.5, 0.6) is 5.75 Å². The maximum absolute atomic E-state index is 6.16. The summed E-state index contributed by atoms with van der Waals surface area (Å²) in [6, 6.07) is 6.40. The Hall–Kier alpha value is -0.540. The SMILES string of the molecule is CCC(C)CC(N)Cc1ccc(OC)c(Br)c1. The first-order chi connectivity index (χ1) is 8.06. The summed E-state index contributed by atoms with van der Waals surface area (Å²) in [6.07, 6.45) is 3.20. The minimum absolute atomic E-state index is 0.241. The second-order valence-electron chi connectivity index (χ2n) is 4.68. The lowest BCUT2D eigenvalue weighted by atomic mass is 9.95. The number of methoxy groups -OCH3 is 1. The third-order valence-electron chi connectivity index (χ3n) is 3.12. The van der Waals surface area contributed by atoms with Gasteiger partial charge in [0.15, 0.2) is 0 Å². The van der Waals surface area contributed by atoms with E-state index in [1.807, 2.05) is 6.07 Å². The molecule has 2 N–H and O–H groups in total. The highest BCUT2D eigenvalue weighted by atomic mass is 79.9. The van der Waals surface area contributed by atoms with Crippen molar-refractivity contribution in [1.82, 2.24) is 0 Å². The molecule has 1 rings (SSSR count). The molecule has 2 atom stereocenters. The van der Waals surface area contributed by atoms with E-state index in [0.717, 1.165) is 23.1 Å². The Labute approximate surface area is 113 Å². The van der Waals surface area contributed by atoms with Crippen LogP contribution in [0.2, 0.25) is 0 Å². The maximum atomic E-state index is 6.16. The number of hydrogen-bond acceptors (Lipinski definition) is 2. The third-order valence-corrected chi connectivity index (χ3v) is 3.74. The standard InChI is InChI=1S/C14H22BrNO/c1-4-10(2)7-12(16)8-11-5-6-14(17-3)13(15)9-11/h5-6,9-10,12H,4,7-8,16H2,1-3H3. The number of nitrogens with two attached hydrogens (primary N) is 1. The summed E-state index contributed by atoms with van der Waals surface area (Å²) >= 11 is 3.50. The lowest BCUT2D eigenvalue weighted by Crippen LogP contribution is -2.25. The molecule has 0 saturated heterocycles. The zero-order valence-electron chi connectivity index (χ0n) is 10.9. The highest BCUT2D eigenvalue weighted by Gasteiger charge is 2.09. The Kier molecular flexibility index (Phi) is 6.00.